The number of carbonyl (C=O) groups excluding carboxylic acids is 1. The summed E-state index contributed by atoms with van der Waals surface area (Å²) in [5.41, 5.74) is 1.96. The van der Waals surface area contributed by atoms with Crippen LogP contribution >= 0.6 is 0 Å². The van der Waals surface area contributed by atoms with Crippen molar-refractivity contribution in [3.63, 3.8) is 0 Å². The van der Waals surface area contributed by atoms with Crippen LogP contribution < -0.4 is 10.6 Å². The van der Waals surface area contributed by atoms with Crippen molar-refractivity contribution in [2.75, 3.05) is 5.32 Å². The van der Waals surface area contributed by atoms with Gasteiger partial charge in [-0.3, -0.25) is 14.9 Å². The van der Waals surface area contributed by atoms with E-state index >= 15 is 0 Å². The number of anilines is 1. The summed E-state index contributed by atoms with van der Waals surface area (Å²) < 4.78 is 0. The van der Waals surface area contributed by atoms with Crippen LogP contribution in [-0.4, -0.2) is 29.1 Å². The molecule has 5 heteroatoms. The number of amides is 1. The van der Waals surface area contributed by atoms with E-state index in [1.165, 1.54) is 5.56 Å². The predicted molar refractivity (Wildman–Crippen MR) is 92.7 cm³/mol. The molecular weight excluding hydrogens is 292 g/mol. The number of carboxylic acids is 1. The Balaban J connectivity index is 2.66. The topological polar surface area (TPSA) is 78.4 Å². The van der Waals surface area contributed by atoms with Crippen molar-refractivity contribution in [2.45, 2.75) is 65.0 Å². The van der Waals surface area contributed by atoms with Gasteiger partial charge in [-0.15, -0.1) is 0 Å². The van der Waals surface area contributed by atoms with Crippen LogP contribution in [0.3, 0.4) is 0 Å². The van der Waals surface area contributed by atoms with E-state index < -0.39 is 18.1 Å². The van der Waals surface area contributed by atoms with Crippen molar-refractivity contribution >= 4 is 17.6 Å². The van der Waals surface area contributed by atoms with Crippen LogP contribution in [0.1, 0.15) is 53.0 Å². The molecule has 23 heavy (non-hydrogen) atoms. The summed E-state index contributed by atoms with van der Waals surface area (Å²) in [7, 11) is 0. The monoisotopic (exact) mass is 320 g/mol. The van der Waals surface area contributed by atoms with Gasteiger partial charge in [0, 0.05) is 5.69 Å². The Morgan fingerprint density at radius 3 is 2.17 bits per heavy atom. The molecule has 0 saturated carbocycles. The number of hydrogen-bond donors (Lipinski definition) is 3. The maximum atomic E-state index is 12.2. The largest absolute Gasteiger partial charge is 0.480 e. The van der Waals surface area contributed by atoms with E-state index in [1.807, 2.05) is 31.2 Å². The second kappa shape index (κ2) is 8.11. The Morgan fingerprint density at radius 2 is 1.74 bits per heavy atom. The van der Waals surface area contributed by atoms with Crippen LogP contribution in [0.4, 0.5) is 5.69 Å². The summed E-state index contributed by atoms with van der Waals surface area (Å²) >= 11 is 0. The van der Waals surface area contributed by atoms with Gasteiger partial charge in [-0.1, -0.05) is 46.2 Å². The zero-order chi connectivity index (χ0) is 17.6. The van der Waals surface area contributed by atoms with Gasteiger partial charge in [-0.2, -0.15) is 0 Å². The first-order chi connectivity index (χ1) is 10.6. The molecule has 0 aliphatic rings. The molecule has 0 aliphatic heterocycles. The van der Waals surface area contributed by atoms with Gasteiger partial charge < -0.3 is 10.4 Å². The summed E-state index contributed by atoms with van der Waals surface area (Å²) in [5, 5.41) is 14.8. The molecule has 1 aromatic carbocycles. The average molecular weight is 320 g/mol. The molecule has 2 atom stereocenters. The molecular formula is C18H28N2O3. The maximum Gasteiger partial charge on any atom is 0.320 e. The number of benzene rings is 1. The average Bonchev–Trinajstić information content (AvgIpc) is 2.46. The van der Waals surface area contributed by atoms with Crippen LogP contribution in [0.5, 0.6) is 0 Å². The van der Waals surface area contributed by atoms with Crippen LogP contribution in [-0.2, 0) is 15.0 Å². The van der Waals surface area contributed by atoms with Gasteiger partial charge >= 0.3 is 5.97 Å². The second-order valence-corrected chi connectivity index (χ2v) is 6.88. The SMILES string of the molecule is CCCC(NC(C)C(=O)Nc1ccc(C(C)(C)C)cc1)C(=O)O. The van der Waals surface area contributed by atoms with Crippen molar-refractivity contribution in [3.8, 4) is 0 Å². The van der Waals surface area contributed by atoms with Crippen molar-refractivity contribution in [1.82, 2.24) is 5.32 Å². The molecule has 0 radical (unpaired) electrons. The quantitative estimate of drug-likeness (QED) is 0.721. The van der Waals surface area contributed by atoms with Gasteiger partial charge in [0.2, 0.25) is 5.91 Å². The minimum Gasteiger partial charge on any atom is -0.480 e. The Hall–Kier alpha value is -1.88. The fourth-order valence-electron chi connectivity index (χ4n) is 2.25. The number of nitrogens with one attached hydrogen (secondary N) is 2. The van der Waals surface area contributed by atoms with Gasteiger partial charge in [0.15, 0.2) is 0 Å². The summed E-state index contributed by atoms with van der Waals surface area (Å²) in [4.78, 5) is 23.3. The first-order valence-corrected chi connectivity index (χ1v) is 8.05. The number of aliphatic carboxylic acids is 1. The highest BCUT2D eigenvalue weighted by Crippen LogP contribution is 2.23. The first kappa shape index (κ1) is 19.2. The lowest BCUT2D eigenvalue weighted by Crippen LogP contribution is -2.47. The van der Waals surface area contributed by atoms with Gasteiger partial charge in [0.05, 0.1) is 6.04 Å². The molecule has 0 heterocycles. The number of rotatable bonds is 7. The van der Waals surface area contributed by atoms with Crippen molar-refractivity contribution in [2.24, 2.45) is 0 Å². The van der Waals surface area contributed by atoms with Crippen molar-refractivity contribution in [3.05, 3.63) is 29.8 Å². The minimum atomic E-state index is -0.930. The van der Waals surface area contributed by atoms with Crippen LogP contribution in [0.25, 0.3) is 0 Å². The molecule has 0 aliphatic carbocycles. The third kappa shape index (κ3) is 6.02. The third-order valence-corrected chi connectivity index (χ3v) is 3.74. The Labute approximate surface area is 138 Å². The third-order valence-electron chi connectivity index (χ3n) is 3.74. The van der Waals surface area contributed by atoms with E-state index in [9.17, 15) is 9.59 Å². The lowest BCUT2D eigenvalue weighted by atomic mass is 9.87. The highest BCUT2D eigenvalue weighted by Gasteiger charge is 2.22. The fourth-order valence-corrected chi connectivity index (χ4v) is 2.25. The molecule has 1 aromatic rings. The molecule has 5 nitrogen and oxygen atoms in total. The summed E-state index contributed by atoms with van der Waals surface area (Å²) in [5.74, 6) is -1.17. The van der Waals surface area contributed by atoms with E-state index in [0.717, 1.165) is 6.42 Å². The molecule has 0 saturated heterocycles. The second-order valence-electron chi connectivity index (χ2n) is 6.88. The summed E-state index contributed by atoms with van der Waals surface area (Å²) in [6.45, 7) is 9.98. The van der Waals surface area contributed by atoms with E-state index in [0.29, 0.717) is 12.1 Å². The smallest absolute Gasteiger partial charge is 0.320 e. The standard InChI is InChI=1S/C18H28N2O3/c1-6-7-15(17(22)23)19-12(2)16(21)20-14-10-8-13(9-11-14)18(3,4)5/h8-12,15,19H,6-7H2,1-5H3,(H,20,21)(H,22,23). The zero-order valence-corrected chi connectivity index (χ0v) is 14.6. The van der Waals surface area contributed by atoms with Crippen LogP contribution in [0, 0.1) is 0 Å². The van der Waals surface area contributed by atoms with E-state index in [-0.39, 0.29) is 11.3 Å². The number of hydrogen-bond acceptors (Lipinski definition) is 3. The van der Waals surface area contributed by atoms with Gasteiger partial charge in [-0.25, -0.2) is 0 Å². The molecule has 0 fully saturated rings. The molecule has 0 bridgehead atoms. The summed E-state index contributed by atoms with van der Waals surface area (Å²) in [6.07, 6.45) is 1.24. The normalized spacial score (nSPS) is 14.1. The van der Waals surface area contributed by atoms with E-state index in [2.05, 4.69) is 31.4 Å². The van der Waals surface area contributed by atoms with Crippen LogP contribution in [0.15, 0.2) is 24.3 Å². The fraction of sp³-hybridized carbons (Fsp3) is 0.556. The minimum absolute atomic E-state index is 0.0618. The molecule has 128 valence electrons. The lowest BCUT2D eigenvalue weighted by molar-refractivity contribution is -0.140. The molecule has 3 N–H and O–H groups in total. The Kier molecular flexibility index (Phi) is 6.76. The molecule has 0 aromatic heterocycles. The lowest BCUT2D eigenvalue weighted by Gasteiger charge is -2.21. The van der Waals surface area contributed by atoms with E-state index in [4.69, 9.17) is 5.11 Å². The maximum absolute atomic E-state index is 12.2. The van der Waals surface area contributed by atoms with Crippen molar-refractivity contribution < 1.29 is 14.7 Å². The predicted octanol–water partition coefficient (Wildman–Crippen LogP) is 3.15. The highest BCUT2D eigenvalue weighted by molar-refractivity contribution is 5.94. The molecule has 0 spiro atoms. The summed E-state index contributed by atoms with van der Waals surface area (Å²) in [6, 6.07) is 6.43. The molecule has 2 unspecified atom stereocenters. The van der Waals surface area contributed by atoms with Crippen LogP contribution in [0.2, 0.25) is 0 Å². The Bertz CT molecular complexity index is 532. The van der Waals surface area contributed by atoms with Gasteiger partial charge in [0.1, 0.15) is 6.04 Å². The van der Waals surface area contributed by atoms with E-state index in [1.54, 1.807) is 6.92 Å². The number of carboxylic acid groups (broad SMARTS) is 1. The molecule has 1 amide bonds. The highest BCUT2D eigenvalue weighted by atomic mass is 16.4. The zero-order valence-electron chi connectivity index (χ0n) is 14.6. The Morgan fingerprint density at radius 1 is 1.17 bits per heavy atom. The number of carbonyl (C=O) groups is 2. The van der Waals surface area contributed by atoms with Gasteiger partial charge in [0.25, 0.3) is 0 Å². The van der Waals surface area contributed by atoms with Crippen molar-refractivity contribution in [1.29, 1.82) is 0 Å². The first-order valence-electron chi connectivity index (χ1n) is 8.05. The molecule has 1 rings (SSSR count). The van der Waals surface area contributed by atoms with Gasteiger partial charge in [-0.05, 0) is 36.5 Å².